The van der Waals surface area contributed by atoms with Crippen LogP contribution >= 0.6 is 46.0 Å². The minimum absolute atomic E-state index is 0.118. The maximum Gasteiger partial charge on any atom is 0.338 e. The van der Waals surface area contributed by atoms with Gasteiger partial charge in [-0.25, -0.2) is 14.8 Å². The zero-order chi connectivity index (χ0) is 20.9. The van der Waals surface area contributed by atoms with E-state index in [0.29, 0.717) is 22.0 Å². The maximum absolute atomic E-state index is 12.7. The first-order valence-electron chi connectivity index (χ1n) is 9.09. The smallest absolute Gasteiger partial charge is 0.338 e. The molecule has 8 heteroatoms. The molecule has 0 unspecified atom stereocenters. The van der Waals surface area contributed by atoms with Crippen LogP contribution in [0.15, 0.2) is 63.6 Å². The molecular weight excluding hydrogens is 456 g/mol. The molecule has 152 valence electrons. The van der Waals surface area contributed by atoms with Gasteiger partial charge in [0.05, 0.1) is 16.3 Å². The number of aromatic nitrogens is 2. The lowest BCUT2D eigenvalue weighted by molar-refractivity contribution is 0.0467. The van der Waals surface area contributed by atoms with Gasteiger partial charge in [-0.3, -0.25) is 0 Å². The number of esters is 1. The summed E-state index contributed by atoms with van der Waals surface area (Å²) in [7, 11) is 0. The molecule has 0 fully saturated rings. The van der Waals surface area contributed by atoms with Crippen LogP contribution in [0, 0.1) is 6.92 Å². The van der Waals surface area contributed by atoms with Crippen LogP contribution in [0.25, 0.3) is 10.6 Å². The lowest BCUT2D eigenvalue weighted by Crippen LogP contribution is -2.08. The summed E-state index contributed by atoms with van der Waals surface area (Å²) in [4.78, 5) is 21.7. The van der Waals surface area contributed by atoms with Gasteiger partial charge in [0.1, 0.15) is 16.0 Å². The Hall–Kier alpha value is -2.19. The molecule has 0 atom stereocenters. The molecule has 4 rings (SSSR count). The molecule has 0 radical (unpaired) electrons. The highest BCUT2D eigenvalue weighted by Crippen LogP contribution is 2.31. The minimum Gasteiger partial charge on any atom is -0.456 e. The molecule has 0 aliphatic rings. The Labute approximate surface area is 191 Å². The Bertz CT molecular complexity index is 1170. The first-order valence-corrected chi connectivity index (χ1v) is 12.2. The van der Waals surface area contributed by atoms with E-state index in [-0.39, 0.29) is 12.6 Å². The summed E-state index contributed by atoms with van der Waals surface area (Å²) in [5.41, 5.74) is 4.08. The quantitative estimate of drug-likeness (QED) is 0.217. The van der Waals surface area contributed by atoms with E-state index in [1.54, 1.807) is 29.2 Å². The van der Waals surface area contributed by atoms with Gasteiger partial charge in [-0.15, -0.1) is 22.7 Å². The van der Waals surface area contributed by atoms with E-state index in [9.17, 15) is 4.79 Å². The number of thiazole rings is 2. The molecule has 4 nitrogen and oxygen atoms in total. The fraction of sp³-hybridized carbons (Fsp3) is 0.136. The van der Waals surface area contributed by atoms with Gasteiger partial charge in [0, 0.05) is 27.8 Å². The lowest BCUT2D eigenvalue weighted by atomic mass is 10.1. The average Bonchev–Trinajstić information content (AvgIpc) is 3.40. The fourth-order valence-electron chi connectivity index (χ4n) is 2.73. The molecule has 0 saturated carbocycles. The molecule has 0 spiro atoms. The summed E-state index contributed by atoms with van der Waals surface area (Å²) in [6.45, 7) is 2.09. The Balaban J connectivity index is 1.40. The largest absolute Gasteiger partial charge is 0.456 e. The number of aryl methyl sites for hydroxylation is 1. The number of benzene rings is 2. The Morgan fingerprint density at radius 1 is 1.07 bits per heavy atom. The van der Waals surface area contributed by atoms with Gasteiger partial charge in [0.2, 0.25) is 0 Å². The van der Waals surface area contributed by atoms with E-state index < -0.39 is 0 Å². The highest BCUT2D eigenvalue weighted by atomic mass is 35.5. The summed E-state index contributed by atoms with van der Waals surface area (Å²) in [6, 6.07) is 15.1. The number of rotatable bonds is 7. The van der Waals surface area contributed by atoms with Gasteiger partial charge >= 0.3 is 5.97 Å². The summed E-state index contributed by atoms with van der Waals surface area (Å²) < 4.78 is 6.53. The van der Waals surface area contributed by atoms with E-state index in [1.807, 2.05) is 60.1 Å². The molecule has 0 N–H and O–H groups in total. The number of thioether (sulfide) groups is 1. The van der Waals surface area contributed by atoms with Gasteiger partial charge in [0.25, 0.3) is 0 Å². The summed E-state index contributed by atoms with van der Waals surface area (Å²) in [6.07, 6.45) is 0. The van der Waals surface area contributed by atoms with Crippen LogP contribution in [0.1, 0.15) is 27.3 Å². The van der Waals surface area contributed by atoms with Crippen molar-refractivity contribution < 1.29 is 9.53 Å². The van der Waals surface area contributed by atoms with Crippen molar-refractivity contribution in [3.8, 4) is 10.6 Å². The lowest BCUT2D eigenvalue weighted by Gasteiger charge is -2.08. The Kier molecular flexibility index (Phi) is 6.84. The SMILES string of the molecule is Cc1csc(SCc2ccccc2C(=O)OCc2csc(-c3ccccc3Cl)n2)n1. The highest BCUT2D eigenvalue weighted by Gasteiger charge is 2.15. The van der Waals surface area contributed by atoms with Crippen LogP contribution in [-0.4, -0.2) is 15.9 Å². The Morgan fingerprint density at radius 3 is 2.67 bits per heavy atom. The molecule has 0 aliphatic carbocycles. The first-order chi connectivity index (χ1) is 14.6. The van der Waals surface area contributed by atoms with E-state index in [2.05, 4.69) is 9.97 Å². The molecule has 0 amide bonds. The molecular formula is C22H17ClN2O2S3. The van der Waals surface area contributed by atoms with Crippen LogP contribution in [0.4, 0.5) is 0 Å². The highest BCUT2D eigenvalue weighted by molar-refractivity contribution is 8.00. The third kappa shape index (κ3) is 5.10. The van der Waals surface area contributed by atoms with Gasteiger partial charge in [-0.1, -0.05) is 59.8 Å². The van der Waals surface area contributed by atoms with Crippen LogP contribution in [0.2, 0.25) is 5.02 Å². The molecule has 2 aromatic heterocycles. The van der Waals surface area contributed by atoms with Crippen molar-refractivity contribution in [3.05, 3.63) is 86.8 Å². The second kappa shape index (κ2) is 9.75. The van der Waals surface area contributed by atoms with E-state index in [4.69, 9.17) is 16.3 Å². The van der Waals surface area contributed by atoms with Crippen molar-refractivity contribution >= 4 is 52.0 Å². The molecule has 30 heavy (non-hydrogen) atoms. The molecule has 4 aromatic rings. The number of nitrogens with zero attached hydrogens (tertiary/aromatic N) is 2. The number of hydrogen-bond acceptors (Lipinski definition) is 7. The molecule has 0 bridgehead atoms. The van der Waals surface area contributed by atoms with Crippen molar-refractivity contribution in [2.24, 2.45) is 0 Å². The normalized spacial score (nSPS) is 10.9. The molecule has 2 aromatic carbocycles. The minimum atomic E-state index is -0.353. The van der Waals surface area contributed by atoms with Crippen LogP contribution < -0.4 is 0 Å². The summed E-state index contributed by atoms with van der Waals surface area (Å²) in [5, 5.41) is 5.37. The Morgan fingerprint density at radius 2 is 1.87 bits per heavy atom. The first kappa shape index (κ1) is 21.1. The number of hydrogen-bond donors (Lipinski definition) is 0. The van der Waals surface area contributed by atoms with Gasteiger partial charge in [0.15, 0.2) is 0 Å². The number of halogens is 1. The number of carbonyl (C=O) groups excluding carboxylic acids is 1. The monoisotopic (exact) mass is 472 g/mol. The zero-order valence-corrected chi connectivity index (χ0v) is 19.2. The van der Waals surface area contributed by atoms with Gasteiger partial charge in [-0.2, -0.15) is 0 Å². The summed E-state index contributed by atoms with van der Waals surface area (Å²) in [5.74, 6) is 0.305. The number of ether oxygens (including phenoxy) is 1. The third-order valence-corrected chi connectivity index (χ3v) is 7.64. The van der Waals surface area contributed by atoms with E-state index in [0.717, 1.165) is 26.2 Å². The predicted octanol–water partition coefficient (Wildman–Crippen LogP) is 6.88. The topological polar surface area (TPSA) is 52.1 Å². The average molecular weight is 473 g/mol. The van der Waals surface area contributed by atoms with Crippen molar-refractivity contribution in [2.45, 2.75) is 23.6 Å². The number of carbonyl (C=O) groups is 1. The van der Waals surface area contributed by atoms with Crippen LogP contribution in [0.5, 0.6) is 0 Å². The van der Waals surface area contributed by atoms with Crippen molar-refractivity contribution in [1.82, 2.24) is 9.97 Å². The van der Waals surface area contributed by atoms with Gasteiger partial charge in [-0.05, 0) is 24.6 Å². The molecule has 2 heterocycles. The second-order valence-electron chi connectivity index (χ2n) is 6.40. The van der Waals surface area contributed by atoms with Crippen LogP contribution in [-0.2, 0) is 17.1 Å². The predicted molar refractivity (Wildman–Crippen MR) is 125 cm³/mol. The van der Waals surface area contributed by atoms with E-state index >= 15 is 0 Å². The standard InChI is InChI=1S/C22H17ClN2O2S3/c1-14-11-29-22(24-14)30-12-15-6-2-3-7-17(15)21(26)27-10-16-13-28-20(25-16)18-8-4-5-9-19(18)23/h2-9,11,13H,10,12H2,1H3. The third-order valence-electron chi connectivity index (χ3n) is 4.19. The van der Waals surface area contributed by atoms with Crippen molar-refractivity contribution in [3.63, 3.8) is 0 Å². The van der Waals surface area contributed by atoms with Crippen LogP contribution in [0.3, 0.4) is 0 Å². The summed E-state index contributed by atoms with van der Waals surface area (Å²) >= 11 is 11.0. The zero-order valence-electron chi connectivity index (χ0n) is 16.0. The second-order valence-corrected chi connectivity index (χ2v) is 9.75. The van der Waals surface area contributed by atoms with E-state index in [1.165, 1.54) is 11.3 Å². The van der Waals surface area contributed by atoms with Crippen molar-refractivity contribution in [1.29, 1.82) is 0 Å². The molecule has 0 aliphatic heterocycles. The maximum atomic E-state index is 12.7. The fourth-order valence-corrected chi connectivity index (χ4v) is 5.71. The van der Waals surface area contributed by atoms with Gasteiger partial charge < -0.3 is 4.74 Å². The molecule has 0 saturated heterocycles. The van der Waals surface area contributed by atoms with Crippen molar-refractivity contribution in [2.75, 3.05) is 0 Å².